The number of aliphatic carboxylic acids is 1. The summed E-state index contributed by atoms with van der Waals surface area (Å²) in [7, 11) is 0. The molecule has 0 saturated heterocycles. The smallest absolute Gasteiger partial charge is 0.326 e. The molecule has 1 aromatic heterocycles. The Morgan fingerprint density at radius 2 is 2.40 bits per heavy atom. The van der Waals surface area contributed by atoms with Crippen LogP contribution in [0.25, 0.3) is 0 Å². The molecule has 0 bridgehead atoms. The molecule has 0 spiro atoms. The second-order valence-electron chi connectivity index (χ2n) is 3.02. The van der Waals surface area contributed by atoms with E-state index >= 15 is 0 Å². The predicted octanol–water partition coefficient (Wildman–Crippen LogP) is 1.13. The molecule has 15 heavy (non-hydrogen) atoms. The summed E-state index contributed by atoms with van der Waals surface area (Å²) in [5.41, 5.74) is 1.53. The van der Waals surface area contributed by atoms with E-state index in [2.05, 4.69) is 10.3 Å². The van der Waals surface area contributed by atoms with E-state index in [4.69, 9.17) is 5.11 Å². The molecule has 0 aliphatic heterocycles. The van der Waals surface area contributed by atoms with Gasteiger partial charge < -0.3 is 10.4 Å². The minimum absolute atomic E-state index is 0.377. The van der Waals surface area contributed by atoms with Crippen molar-refractivity contribution in [1.82, 2.24) is 10.3 Å². The fraction of sp³-hybridized carbons (Fsp3) is 0.444. The highest BCUT2D eigenvalue weighted by atomic mass is 32.1. The number of aromatic nitrogens is 1. The molecule has 1 aromatic rings. The van der Waals surface area contributed by atoms with E-state index in [-0.39, 0.29) is 5.91 Å². The standard InChI is InChI=1S/C9H12N2O3S/c1-2-3-6(9(13)14)11-8(12)7-4-10-5-15-7/h4-6H,2-3H2,1H3,(H,11,12)(H,13,14)/t6-/m1/s1. The Labute approximate surface area is 91.1 Å². The van der Waals surface area contributed by atoms with Gasteiger partial charge in [0.2, 0.25) is 0 Å². The van der Waals surface area contributed by atoms with E-state index in [9.17, 15) is 9.59 Å². The van der Waals surface area contributed by atoms with Crippen molar-refractivity contribution in [1.29, 1.82) is 0 Å². The molecule has 0 unspecified atom stereocenters. The van der Waals surface area contributed by atoms with Crippen molar-refractivity contribution >= 4 is 23.2 Å². The summed E-state index contributed by atoms with van der Waals surface area (Å²) in [6.07, 6.45) is 2.56. The third kappa shape index (κ3) is 3.32. The fourth-order valence-corrected chi connectivity index (χ4v) is 1.63. The number of nitrogens with one attached hydrogen (secondary N) is 1. The summed E-state index contributed by atoms with van der Waals surface area (Å²) in [6.45, 7) is 1.87. The Morgan fingerprint density at radius 1 is 1.67 bits per heavy atom. The number of amides is 1. The van der Waals surface area contributed by atoms with Gasteiger partial charge in [-0.05, 0) is 6.42 Å². The Hall–Kier alpha value is -1.43. The predicted molar refractivity (Wildman–Crippen MR) is 55.9 cm³/mol. The lowest BCUT2D eigenvalue weighted by atomic mass is 10.1. The molecule has 0 fully saturated rings. The largest absolute Gasteiger partial charge is 0.480 e. The first-order valence-corrected chi connectivity index (χ1v) is 5.45. The van der Waals surface area contributed by atoms with Gasteiger partial charge in [-0.25, -0.2) is 4.79 Å². The number of hydrogen-bond acceptors (Lipinski definition) is 4. The van der Waals surface area contributed by atoms with Crippen LogP contribution in [-0.4, -0.2) is 28.0 Å². The van der Waals surface area contributed by atoms with Crippen molar-refractivity contribution in [3.8, 4) is 0 Å². The van der Waals surface area contributed by atoms with Crippen LogP contribution in [0.15, 0.2) is 11.7 Å². The van der Waals surface area contributed by atoms with Gasteiger partial charge in [-0.15, -0.1) is 11.3 Å². The molecule has 82 valence electrons. The van der Waals surface area contributed by atoms with E-state index in [0.29, 0.717) is 17.7 Å². The molecule has 2 N–H and O–H groups in total. The molecule has 1 amide bonds. The molecular weight excluding hydrogens is 216 g/mol. The first-order valence-electron chi connectivity index (χ1n) is 4.57. The van der Waals surface area contributed by atoms with Gasteiger partial charge in [0, 0.05) is 0 Å². The number of hydrogen-bond donors (Lipinski definition) is 2. The third-order valence-electron chi connectivity index (χ3n) is 1.84. The highest BCUT2D eigenvalue weighted by Gasteiger charge is 2.19. The first kappa shape index (κ1) is 11.6. The molecule has 0 aromatic carbocycles. The van der Waals surface area contributed by atoms with Gasteiger partial charge in [0.15, 0.2) is 0 Å². The summed E-state index contributed by atoms with van der Waals surface area (Å²) in [6, 6.07) is -0.815. The van der Waals surface area contributed by atoms with Crippen LogP contribution in [0.2, 0.25) is 0 Å². The third-order valence-corrected chi connectivity index (χ3v) is 2.61. The summed E-state index contributed by atoms with van der Waals surface area (Å²) in [5.74, 6) is -1.38. The van der Waals surface area contributed by atoms with Crippen LogP contribution in [0.1, 0.15) is 29.4 Å². The number of carbonyl (C=O) groups excluding carboxylic acids is 1. The summed E-state index contributed by atoms with van der Waals surface area (Å²) < 4.78 is 0. The highest BCUT2D eigenvalue weighted by Crippen LogP contribution is 2.06. The molecule has 1 rings (SSSR count). The molecule has 0 aliphatic rings. The SMILES string of the molecule is CCC[C@@H](NC(=O)c1cncs1)C(=O)O. The average molecular weight is 228 g/mol. The van der Waals surface area contributed by atoms with Crippen molar-refractivity contribution in [2.24, 2.45) is 0 Å². The normalized spacial score (nSPS) is 12.1. The van der Waals surface area contributed by atoms with Gasteiger partial charge in [0.1, 0.15) is 10.9 Å². The van der Waals surface area contributed by atoms with Gasteiger partial charge in [0.05, 0.1) is 11.7 Å². The monoisotopic (exact) mass is 228 g/mol. The fourth-order valence-electron chi connectivity index (χ4n) is 1.10. The molecule has 6 heteroatoms. The Morgan fingerprint density at radius 3 is 2.87 bits per heavy atom. The summed E-state index contributed by atoms with van der Waals surface area (Å²) in [4.78, 5) is 26.4. The number of thiazole rings is 1. The second-order valence-corrected chi connectivity index (χ2v) is 3.90. The van der Waals surface area contributed by atoms with Crippen molar-refractivity contribution in [2.45, 2.75) is 25.8 Å². The second kappa shape index (κ2) is 5.45. The number of carboxylic acid groups (broad SMARTS) is 1. The molecular formula is C9H12N2O3S. The number of nitrogens with zero attached hydrogens (tertiary/aromatic N) is 1. The van der Waals surface area contributed by atoms with E-state index in [1.165, 1.54) is 23.0 Å². The lowest BCUT2D eigenvalue weighted by Crippen LogP contribution is -2.40. The van der Waals surface area contributed by atoms with Crippen molar-refractivity contribution in [3.05, 3.63) is 16.6 Å². The lowest BCUT2D eigenvalue weighted by molar-refractivity contribution is -0.139. The van der Waals surface area contributed by atoms with Gasteiger partial charge in [0.25, 0.3) is 5.91 Å². The molecule has 5 nitrogen and oxygen atoms in total. The van der Waals surface area contributed by atoms with Crippen LogP contribution >= 0.6 is 11.3 Å². The van der Waals surface area contributed by atoms with Crippen molar-refractivity contribution < 1.29 is 14.7 Å². The maximum absolute atomic E-state index is 11.5. The van der Waals surface area contributed by atoms with E-state index < -0.39 is 12.0 Å². The minimum Gasteiger partial charge on any atom is -0.480 e. The average Bonchev–Trinajstić information content (AvgIpc) is 2.69. The van der Waals surface area contributed by atoms with Crippen LogP contribution < -0.4 is 5.32 Å². The Bertz CT molecular complexity index is 337. The van der Waals surface area contributed by atoms with Crippen molar-refractivity contribution in [3.63, 3.8) is 0 Å². The number of carbonyl (C=O) groups is 2. The first-order chi connectivity index (χ1) is 7.15. The van der Waals surface area contributed by atoms with E-state index in [1.807, 2.05) is 6.92 Å². The van der Waals surface area contributed by atoms with Crippen LogP contribution in [0, 0.1) is 0 Å². The summed E-state index contributed by atoms with van der Waals surface area (Å²) >= 11 is 1.19. The van der Waals surface area contributed by atoms with Crippen LogP contribution in [0.3, 0.4) is 0 Å². The zero-order valence-corrected chi connectivity index (χ0v) is 9.08. The number of carboxylic acids is 1. The molecule has 0 saturated carbocycles. The van der Waals surface area contributed by atoms with Gasteiger partial charge in [-0.1, -0.05) is 13.3 Å². The number of rotatable bonds is 5. The van der Waals surface area contributed by atoms with E-state index in [0.717, 1.165) is 0 Å². The van der Waals surface area contributed by atoms with E-state index in [1.54, 1.807) is 0 Å². The quantitative estimate of drug-likeness (QED) is 0.791. The Balaban J connectivity index is 2.59. The van der Waals surface area contributed by atoms with Gasteiger partial charge >= 0.3 is 5.97 Å². The topological polar surface area (TPSA) is 79.3 Å². The van der Waals surface area contributed by atoms with Gasteiger partial charge in [-0.3, -0.25) is 9.78 Å². The van der Waals surface area contributed by atoms with Crippen molar-refractivity contribution in [2.75, 3.05) is 0 Å². The zero-order chi connectivity index (χ0) is 11.3. The van der Waals surface area contributed by atoms with Gasteiger partial charge in [-0.2, -0.15) is 0 Å². The zero-order valence-electron chi connectivity index (χ0n) is 8.27. The maximum atomic E-state index is 11.5. The highest BCUT2D eigenvalue weighted by molar-refractivity contribution is 7.11. The summed E-state index contributed by atoms with van der Waals surface area (Å²) in [5, 5.41) is 11.3. The molecule has 1 atom stereocenters. The maximum Gasteiger partial charge on any atom is 0.326 e. The molecule has 0 radical (unpaired) electrons. The van der Waals surface area contributed by atoms with Crippen LogP contribution in [-0.2, 0) is 4.79 Å². The van der Waals surface area contributed by atoms with Crippen LogP contribution in [0.5, 0.6) is 0 Å². The van der Waals surface area contributed by atoms with Crippen LogP contribution in [0.4, 0.5) is 0 Å². The lowest BCUT2D eigenvalue weighted by Gasteiger charge is -2.12. The minimum atomic E-state index is -1.00. The molecule has 1 heterocycles. The molecule has 0 aliphatic carbocycles. The Kier molecular flexibility index (Phi) is 4.23.